The second kappa shape index (κ2) is 8.15. The van der Waals surface area contributed by atoms with E-state index >= 15 is 0 Å². The van der Waals surface area contributed by atoms with Gasteiger partial charge in [0.2, 0.25) is 0 Å². The Hall–Kier alpha value is 0.194. The number of hydrogen-bond donors (Lipinski definition) is 0. The summed E-state index contributed by atoms with van der Waals surface area (Å²) in [5.74, 6) is -0.577. The first kappa shape index (κ1) is 24.3. The van der Waals surface area contributed by atoms with Crippen LogP contribution in [0.25, 0.3) is 0 Å². The zero-order valence-corrected chi connectivity index (χ0v) is 23.3. The van der Waals surface area contributed by atoms with Crippen molar-refractivity contribution in [3.8, 4) is 0 Å². The number of rotatable bonds is 4. The Morgan fingerprint density at radius 1 is 0.742 bits per heavy atom. The molecule has 5 atom stereocenters. The maximum Gasteiger partial charge on any atom is 0.335 e. The lowest BCUT2D eigenvalue weighted by molar-refractivity contribution is -0.157. The molecule has 4 heterocycles. The van der Waals surface area contributed by atoms with Crippen LogP contribution in [0.15, 0.2) is 0 Å². The van der Waals surface area contributed by atoms with Crippen molar-refractivity contribution in [3.63, 3.8) is 0 Å². The molecular formula is C23H45NO5Si2. The molecular weight excluding hydrogens is 426 g/mol. The molecule has 4 aliphatic heterocycles. The molecule has 0 aromatic heterocycles. The largest absolute Gasteiger partial charge is 0.414 e. The topological polar surface area (TPSA) is 49.4 Å². The highest BCUT2D eigenvalue weighted by Gasteiger charge is 2.65. The van der Waals surface area contributed by atoms with Gasteiger partial charge < -0.3 is 22.4 Å². The zero-order valence-electron chi connectivity index (χ0n) is 21.3. The van der Waals surface area contributed by atoms with E-state index in [0.29, 0.717) is 22.2 Å². The summed E-state index contributed by atoms with van der Waals surface area (Å²) in [4.78, 5) is 2.56. The summed E-state index contributed by atoms with van der Waals surface area (Å²) in [6.07, 6.45) is 1.07. The summed E-state index contributed by atoms with van der Waals surface area (Å²) >= 11 is 0. The molecule has 0 unspecified atom stereocenters. The molecule has 8 heteroatoms. The van der Waals surface area contributed by atoms with Gasteiger partial charge in [0.15, 0.2) is 5.79 Å². The van der Waals surface area contributed by atoms with Crippen molar-refractivity contribution < 1.29 is 22.4 Å². The van der Waals surface area contributed by atoms with Crippen LogP contribution in [0.3, 0.4) is 0 Å². The van der Waals surface area contributed by atoms with Crippen molar-refractivity contribution in [2.75, 3.05) is 13.1 Å². The van der Waals surface area contributed by atoms with Crippen LogP contribution in [0.4, 0.5) is 0 Å². The van der Waals surface area contributed by atoms with Crippen molar-refractivity contribution in [1.82, 2.24) is 4.90 Å². The van der Waals surface area contributed by atoms with E-state index in [0.717, 1.165) is 19.5 Å². The summed E-state index contributed by atoms with van der Waals surface area (Å²) < 4.78 is 34.9. The Morgan fingerprint density at radius 2 is 1.29 bits per heavy atom. The Bertz CT molecular complexity index is 654. The van der Waals surface area contributed by atoms with Gasteiger partial charge in [-0.05, 0) is 42.4 Å². The van der Waals surface area contributed by atoms with Crippen LogP contribution in [0, 0.1) is 0 Å². The molecule has 4 saturated heterocycles. The summed E-state index contributed by atoms with van der Waals surface area (Å²) in [6.45, 7) is 24.3. The van der Waals surface area contributed by atoms with Crippen LogP contribution in [0.1, 0.15) is 75.7 Å². The van der Waals surface area contributed by atoms with Gasteiger partial charge in [-0.15, -0.1) is 0 Å². The fraction of sp³-hybridized carbons (Fsp3) is 1.00. The van der Waals surface area contributed by atoms with Crippen LogP contribution in [-0.4, -0.2) is 71.4 Å². The summed E-state index contributed by atoms with van der Waals surface area (Å²) in [6, 6.07) is 0.219. The van der Waals surface area contributed by atoms with E-state index in [1.807, 2.05) is 13.8 Å². The smallest absolute Gasteiger partial charge is 0.335 e. The van der Waals surface area contributed by atoms with Gasteiger partial charge in [-0.25, -0.2) is 0 Å². The van der Waals surface area contributed by atoms with Crippen LogP contribution in [0.5, 0.6) is 0 Å². The second-order valence-electron chi connectivity index (χ2n) is 11.8. The summed E-state index contributed by atoms with van der Waals surface area (Å²) in [5.41, 5.74) is 1.38. The van der Waals surface area contributed by atoms with Crippen molar-refractivity contribution >= 4 is 17.1 Å². The monoisotopic (exact) mass is 471 g/mol. The fourth-order valence-corrected chi connectivity index (χ4v) is 17.9. The minimum Gasteiger partial charge on any atom is -0.414 e. The van der Waals surface area contributed by atoms with Gasteiger partial charge in [0.05, 0.1) is 18.2 Å². The van der Waals surface area contributed by atoms with Gasteiger partial charge >= 0.3 is 17.1 Å². The van der Waals surface area contributed by atoms with Crippen LogP contribution < -0.4 is 0 Å². The standard InChI is InChI=1S/C23H45NO5Si2/c1-14(2)30(15(3)4)27-18-11-12-24-13-19-21(26-23(9,10)25-19)22(20(18)24)28-31(29-30,16(5)6)17(7)8/h14-22H,11-13H2,1-10H3/t18-,19-,20-,21+,22-/m0/s1. The maximum atomic E-state index is 7.43. The molecule has 0 spiro atoms. The van der Waals surface area contributed by atoms with E-state index in [9.17, 15) is 0 Å². The van der Waals surface area contributed by atoms with Crippen molar-refractivity contribution in [1.29, 1.82) is 0 Å². The molecule has 0 aromatic rings. The SMILES string of the molecule is CC(C)[Si]1(C(C)C)O[C@@H]2[C@@H]3OC(C)(C)O[C@H]3CN3CC[C@H](O[Si](C(C)C)(C(C)C)O1)[C@@H]23. The maximum absolute atomic E-state index is 7.43. The van der Waals surface area contributed by atoms with E-state index in [1.54, 1.807) is 0 Å². The van der Waals surface area contributed by atoms with Gasteiger partial charge in [-0.2, -0.15) is 0 Å². The van der Waals surface area contributed by atoms with Crippen molar-refractivity contribution in [3.05, 3.63) is 0 Å². The van der Waals surface area contributed by atoms with E-state index in [-0.39, 0.29) is 30.5 Å². The third-order valence-electron chi connectivity index (χ3n) is 7.99. The minimum absolute atomic E-state index is 0.0395. The highest BCUT2D eigenvalue weighted by Crippen LogP contribution is 2.51. The van der Waals surface area contributed by atoms with Crippen molar-refractivity contribution in [2.45, 2.75) is 134 Å². The van der Waals surface area contributed by atoms with Crippen LogP contribution in [-0.2, 0) is 22.4 Å². The summed E-state index contributed by atoms with van der Waals surface area (Å²) in [5, 5.41) is 0. The first-order chi connectivity index (χ1) is 14.3. The quantitative estimate of drug-likeness (QED) is 0.543. The zero-order chi connectivity index (χ0) is 22.9. The predicted octanol–water partition coefficient (Wildman–Crippen LogP) is 4.92. The molecule has 4 fully saturated rings. The molecule has 4 rings (SSSR count). The highest BCUT2D eigenvalue weighted by molar-refractivity contribution is 6.84. The molecule has 0 radical (unpaired) electrons. The van der Waals surface area contributed by atoms with E-state index in [2.05, 4.69) is 60.3 Å². The molecule has 0 amide bonds. The predicted molar refractivity (Wildman–Crippen MR) is 127 cm³/mol. The van der Waals surface area contributed by atoms with Gasteiger partial charge in [0, 0.05) is 13.1 Å². The average Bonchev–Trinajstić information content (AvgIpc) is 3.15. The molecule has 0 saturated carbocycles. The average molecular weight is 472 g/mol. The summed E-state index contributed by atoms with van der Waals surface area (Å²) in [7, 11) is -5.19. The van der Waals surface area contributed by atoms with Crippen LogP contribution in [0.2, 0.25) is 22.2 Å². The van der Waals surface area contributed by atoms with Gasteiger partial charge in [0.25, 0.3) is 0 Å². The second-order valence-corrected chi connectivity index (χ2v) is 20.6. The van der Waals surface area contributed by atoms with Gasteiger partial charge in [-0.1, -0.05) is 55.4 Å². The normalized spacial score (nSPS) is 39.1. The van der Waals surface area contributed by atoms with Crippen LogP contribution >= 0.6 is 0 Å². The lowest BCUT2D eigenvalue weighted by Gasteiger charge is -2.56. The van der Waals surface area contributed by atoms with Crippen molar-refractivity contribution in [2.24, 2.45) is 0 Å². The first-order valence-electron chi connectivity index (χ1n) is 12.5. The third kappa shape index (κ3) is 3.83. The molecule has 31 heavy (non-hydrogen) atoms. The minimum atomic E-state index is -2.65. The molecule has 6 nitrogen and oxygen atoms in total. The number of ether oxygens (including phenoxy) is 2. The van der Waals surface area contributed by atoms with Gasteiger partial charge in [-0.3, -0.25) is 4.90 Å². The van der Waals surface area contributed by atoms with E-state index in [1.165, 1.54) is 0 Å². The fourth-order valence-electron chi connectivity index (χ4n) is 6.55. The van der Waals surface area contributed by atoms with E-state index < -0.39 is 22.9 Å². The Labute approximate surface area is 191 Å². The number of fused-ring (bicyclic) bond motifs is 2. The Balaban J connectivity index is 1.83. The van der Waals surface area contributed by atoms with Gasteiger partial charge in [0.1, 0.15) is 12.2 Å². The first-order valence-corrected chi connectivity index (χ1v) is 16.4. The lowest BCUT2D eigenvalue weighted by atomic mass is 9.93. The molecule has 180 valence electrons. The molecule has 0 bridgehead atoms. The molecule has 0 N–H and O–H groups in total. The molecule has 4 aliphatic rings. The highest BCUT2D eigenvalue weighted by atomic mass is 28.5. The molecule has 0 aliphatic carbocycles. The lowest BCUT2D eigenvalue weighted by Crippen LogP contribution is -2.71. The number of hydrogen-bond acceptors (Lipinski definition) is 6. The number of nitrogens with zero attached hydrogens (tertiary/aromatic N) is 1. The van der Waals surface area contributed by atoms with E-state index in [4.69, 9.17) is 22.4 Å². The molecule has 0 aromatic carbocycles. The Morgan fingerprint density at radius 3 is 1.84 bits per heavy atom. The Kier molecular flexibility index (Phi) is 6.39. The number of piperidine rings is 1. The third-order valence-corrected chi connectivity index (χ3v) is 18.3.